The van der Waals surface area contributed by atoms with Crippen molar-refractivity contribution in [3.8, 4) is 0 Å². The van der Waals surface area contributed by atoms with Crippen LogP contribution in [-0.2, 0) is 0 Å². The molecule has 0 radical (unpaired) electrons. The first kappa shape index (κ1) is 12.9. The summed E-state index contributed by atoms with van der Waals surface area (Å²) >= 11 is 0. The lowest BCUT2D eigenvalue weighted by atomic mass is 9.84. The van der Waals surface area contributed by atoms with Crippen molar-refractivity contribution in [2.75, 3.05) is 5.73 Å². The fourth-order valence-electron chi connectivity index (χ4n) is 2.91. The summed E-state index contributed by atoms with van der Waals surface area (Å²) in [6.07, 6.45) is 6.08. The molecule has 0 aliphatic heterocycles. The Morgan fingerprint density at radius 3 is 2.56 bits per heavy atom. The lowest BCUT2D eigenvalue weighted by Gasteiger charge is -2.28. The van der Waals surface area contributed by atoms with Crippen LogP contribution in [0, 0.1) is 23.0 Å². The van der Waals surface area contributed by atoms with E-state index in [1.54, 1.807) is 11.6 Å². The SMILES string of the molecule is Cc1nn(C(C)C2CCCCC2)c(N)c1[N+](=O)[O-]. The largest absolute Gasteiger partial charge is 0.378 e. The van der Waals surface area contributed by atoms with Gasteiger partial charge in [0.1, 0.15) is 5.69 Å². The van der Waals surface area contributed by atoms with E-state index in [0.29, 0.717) is 11.6 Å². The van der Waals surface area contributed by atoms with E-state index in [4.69, 9.17) is 5.73 Å². The minimum atomic E-state index is -0.443. The summed E-state index contributed by atoms with van der Waals surface area (Å²) in [6.45, 7) is 3.70. The van der Waals surface area contributed by atoms with Crippen molar-refractivity contribution < 1.29 is 4.92 Å². The average Bonchev–Trinajstić information content (AvgIpc) is 2.65. The molecular weight excluding hydrogens is 232 g/mol. The molecule has 0 amide bonds. The molecule has 1 heterocycles. The van der Waals surface area contributed by atoms with E-state index in [9.17, 15) is 10.1 Å². The van der Waals surface area contributed by atoms with Gasteiger partial charge >= 0.3 is 5.69 Å². The van der Waals surface area contributed by atoms with Gasteiger partial charge in [0.05, 0.1) is 11.0 Å². The summed E-state index contributed by atoms with van der Waals surface area (Å²) in [6, 6.07) is 0.137. The predicted octanol–water partition coefficient (Wildman–Crippen LogP) is 2.82. The first-order valence-corrected chi connectivity index (χ1v) is 6.51. The van der Waals surface area contributed by atoms with E-state index in [0.717, 1.165) is 12.8 Å². The van der Waals surface area contributed by atoms with Gasteiger partial charge in [0.2, 0.25) is 5.82 Å². The highest BCUT2D eigenvalue weighted by Crippen LogP contribution is 2.36. The van der Waals surface area contributed by atoms with Crippen LogP contribution >= 0.6 is 0 Å². The molecule has 1 atom stereocenters. The number of anilines is 1. The maximum Gasteiger partial charge on any atom is 0.333 e. The number of nitro groups is 1. The molecule has 1 unspecified atom stereocenters. The molecule has 0 saturated heterocycles. The lowest BCUT2D eigenvalue weighted by Crippen LogP contribution is -2.21. The molecule has 2 N–H and O–H groups in total. The Labute approximate surface area is 106 Å². The molecule has 0 bridgehead atoms. The molecule has 1 aromatic rings. The molecule has 6 heteroatoms. The van der Waals surface area contributed by atoms with Crippen LogP contribution < -0.4 is 5.73 Å². The zero-order valence-electron chi connectivity index (χ0n) is 10.9. The summed E-state index contributed by atoms with van der Waals surface area (Å²) in [5.41, 5.74) is 6.23. The van der Waals surface area contributed by atoms with Crippen LogP contribution in [-0.4, -0.2) is 14.7 Å². The number of hydrogen-bond donors (Lipinski definition) is 1. The Morgan fingerprint density at radius 1 is 1.44 bits per heavy atom. The van der Waals surface area contributed by atoms with Gasteiger partial charge in [-0.3, -0.25) is 10.1 Å². The molecule has 1 saturated carbocycles. The summed E-state index contributed by atoms with van der Waals surface area (Å²) < 4.78 is 1.64. The third-order valence-corrected chi connectivity index (χ3v) is 3.99. The average molecular weight is 252 g/mol. The van der Waals surface area contributed by atoms with Crippen molar-refractivity contribution in [1.29, 1.82) is 0 Å². The van der Waals surface area contributed by atoms with Gasteiger partial charge in [-0.15, -0.1) is 0 Å². The number of hydrogen-bond acceptors (Lipinski definition) is 4. The quantitative estimate of drug-likeness (QED) is 0.662. The smallest absolute Gasteiger partial charge is 0.333 e. The maximum atomic E-state index is 10.9. The maximum absolute atomic E-state index is 10.9. The standard InChI is InChI=1S/C12H20N4O2/c1-8-11(16(17)18)12(13)15(14-8)9(2)10-6-4-3-5-7-10/h9-10H,3-7,13H2,1-2H3. The van der Waals surface area contributed by atoms with Crippen molar-refractivity contribution in [1.82, 2.24) is 9.78 Å². The normalized spacial score (nSPS) is 18.8. The molecule has 1 aliphatic rings. The van der Waals surface area contributed by atoms with Crippen LogP contribution in [0.25, 0.3) is 0 Å². The van der Waals surface area contributed by atoms with Crippen LogP contribution in [0.3, 0.4) is 0 Å². The van der Waals surface area contributed by atoms with E-state index in [-0.39, 0.29) is 17.5 Å². The van der Waals surface area contributed by atoms with Crippen molar-refractivity contribution in [2.24, 2.45) is 5.92 Å². The minimum absolute atomic E-state index is 0.0438. The monoisotopic (exact) mass is 252 g/mol. The summed E-state index contributed by atoms with van der Waals surface area (Å²) in [5.74, 6) is 0.718. The third kappa shape index (κ3) is 2.19. The molecule has 100 valence electrons. The van der Waals surface area contributed by atoms with Crippen LogP contribution in [0.2, 0.25) is 0 Å². The molecular formula is C12H20N4O2. The van der Waals surface area contributed by atoms with Gasteiger partial charge < -0.3 is 5.73 Å². The number of aromatic nitrogens is 2. The summed E-state index contributed by atoms with van der Waals surface area (Å²) in [7, 11) is 0. The molecule has 0 spiro atoms. The second-order valence-electron chi connectivity index (χ2n) is 5.16. The Balaban J connectivity index is 2.27. The predicted molar refractivity (Wildman–Crippen MR) is 69.3 cm³/mol. The summed E-state index contributed by atoms with van der Waals surface area (Å²) in [5, 5.41) is 15.2. The van der Waals surface area contributed by atoms with Crippen molar-refractivity contribution in [2.45, 2.75) is 52.0 Å². The van der Waals surface area contributed by atoms with Gasteiger partial charge in [-0.1, -0.05) is 19.3 Å². The highest BCUT2D eigenvalue weighted by atomic mass is 16.6. The van der Waals surface area contributed by atoms with Crippen molar-refractivity contribution >= 4 is 11.5 Å². The molecule has 6 nitrogen and oxygen atoms in total. The zero-order valence-corrected chi connectivity index (χ0v) is 10.9. The van der Waals surface area contributed by atoms with Gasteiger partial charge in [0.25, 0.3) is 0 Å². The van der Waals surface area contributed by atoms with Crippen LogP contribution in [0.1, 0.15) is 50.8 Å². The first-order valence-electron chi connectivity index (χ1n) is 6.51. The number of aryl methyl sites for hydroxylation is 1. The molecule has 1 aromatic heterocycles. The van der Waals surface area contributed by atoms with E-state index >= 15 is 0 Å². The van der Waals surface area contributed by atoms with Crippen molar-refractivity contribution in [3.63, 3.8) is 0 Å². The van der Waals surface area contributed by atoms with Gasteiger partial charge in [-0.2, -0.15) is 5.10 Å². The van der Waals surface area contributed by atoms with Gasteiger partial charge in [-0.05, 0) is 32.6 Å². The lowest BCUT2D eigenvalue weighted by molar-refractivity contribution is -0.384. The van der Waals surface area contributed by atoms with Gasteiger partial charge in [0, 0.05) is 0 Å². The second kappa shape index (κ2) is 4.96. The number of nitrogens with zero attached hydrogens (tertiary/aromatic N) is 3. The van der Waals surface area contributed by atoms with E-state index in [2.05, 4.69) is 12.0 Å². The number of nitrogens with two attached hydrogens (primary N) is 1. The van der Waals surface area contributed by atoms with Gasteiger partial charge in [-0.25, -0.2) is 4.68 Å². The Hall–Kier alpha value is -1.59. The number of nitrogen functional groups attached to an aromatic ring is 1. The van der Waals surface area contributed by atoms with E-state index in [1.165, 1.54) is 19.3 Å². The van der Waals surface area contributed by atoms with Crippen LogP contribution in [0.4, 0.5) is 11.5 Å². The minimum Gasteiger partial charge on any atom is -0.378 e. The highest BCUT2D eigenvalue weighted by Gasteiger charge is 2.29. The van der Waals surface area contributed by atoms with Crippen LogP contribution in [0.15, 0.2) is 0 Å². The molecule has 1 aliphatic carbocycles. The fraction of sp³-hybridized carbons (Fsp3) is 0.750. The van der Waals surface area contributed by atoms with Gasteiger partial charge in [0.15, 0.2) is 0 Å². The fourth-order valence-corrected chi connectivity index (χ4v) is 2.91. The highest BCUT2D eigenvalue weighted by molar-refractivity contribution is 5.56. The Morgan fingerprint density at radius 2 is 2.06 bits per heavy atom. The Bertz CT molecular complexity index is 449. The molecule has 1 fully saturated rings. The molecule has 18 heavy (non-hydrogen) atoms. The second-order valence-corrected chi connectivity index (χ2v) is 5.16. The van der Waals surface area contributed by atoms with Crippen LogP contribution in [0.5, 0.6) is 0 Å². The third-order valence-electron chi connectivity index (χ3n) is 3.99. The first-order chi connectivity index (χ1) is 8.52. The van der Waals surface area contributed by atoms with Crippen molar-refractivity contribution in [3.05, 3.63) is 15.8 Å². The Kier molecular flexibility index (Phi) is 3.54. The van der Waals surface area contributed by atoms with E-state index < -0.39 is 4.92 Å². The number of rotatable bonds is 3. The zero-order chi connectivity index (χ0) is 13.3. The topological polar surface area (TPSA) is 87.0 Å². The molecule has 2 rings (SSSR count). The van der Waals surface area contributed by atoms with E-state index in [1.807, 2.05) is 0 Å². The molecule has 0 aromatic carbocycles. The summed E-state index contributed by atoms with van der Waals surface area (Å²) in [4.78, 5) is 10.5.